The van der Waals surface area contributed by atoms with Crippen molar-refractivity contribution >= 4 is 52.2 Å². The summed E-state index contributed by atoms with van der Waals surface area (Å²) in [5.41, 5.74) is 11.1. The van der Waals surface area contributed by atoms with Gasteiger partial charge in [0.15, 0.2) is 15.8 Å². The Hall–Kier alpha value is -1.51. The van der Waals surface area contributed by atoms with Gasteiger partial charge in [0.2, 0.25) is 0 Å². The van der Waals surface area contributed by atoms with E-state index >= 15 is 0 Å². The van der Waals surface area contributed by atoms with Crippen LogP contribution in [0.15, 0.2) is 28.1 Å². The number of rotatable bonds is 3. The Morgan fingerprint density at radius 3 is 2.21 bits per heavy atom. The van der Waals surface area contributed by atoms with E-state index in [9.17, 15) is 13.2 Å². The molecule has 0 aromatic heterocycles. The second-order valence-electron chi connectivity index (χ2n) is 5.34. The summed E-state index contributed by atoms with van der Waals surface area (Å²) in [6.45, 7) is 1.62. The molecule has 0 aliphatic carbocycles. The molecule has 1 aromatic carbocycles. The van der Waals surface area contributed by atoms with E-state index in [4.69, 9.17) is 11.5 Å². The third kappa shape index (κ3) is 5.54. The van der Waals surface area contributed by atoms with Gasteiger partial charge in [0.25, 0.3) is 5.91 Å². The van der Waals surface area contributed by atoms with Crippen LogP contribution in [0.4, 0.5) is 5.69 Å². The van der Waals surface area contributed by atoms with Crippen LogP contribution in [0, 0.1) is 0 Å². The van der Waals surface area contributed by atoms with Crippen LogP contribution in [0.3, 0.4) is 0 Å². The molecule has 7 nitrogen and oxygen atoms in total. The maximum Gasteiger partial charge on any atom is 0.280 e. The number of hydrogen-bond donors (Lipinski definition) is 2. The van der Waals surface area contributed by atoms with Crippen LogP contribution >= 0.6 is 24.8 Å². The average Bonchev–Trinajstić information content (AvgIpc) is 2.46. The maximum atomic E-state index is 12.1. The summed E-state index contributed by atoms with van der Waals surface area (Å²) in [7, 11) is -3.47. The third-order valence-electron chi connectivity index (χ3n) is 3.53. The zero-order valence-corrected chi connectivity index (χ0v) is 15.7. The topological polar surface area (TPSA) is 119 Å². The van der Waals surface area contributed by atoms with E-state index in [2.05, 4.69) is 4.99 Å². The van der Waals surface area contributed by atoms with Gasteiger partial charge in [-0.3, -0.25) is 4.79 Å². The number of sulfone groups is 1. The zero-order chi connectivity index (χ0) is 16.3. The Morgan fingerprint density at radius 1 is 1.12 bits per heavy atom. The van der Waals surface area contributed by atoms with Gasteiger partial charge < -0.3 is 16.4 Å². The van der Waals surface area contributed by atoms with E-state index in [1.54, 1.807) is 12.1 Å². The first-order valence-electron chi connectivity index (χ1n) is 7.02. The molecule has 0 spiro atoms. The number of hydrogen-bond acceptors (Lipinski definition) is 4. The quantitative estimate of drug-likeness (QED) is 0.587. The van der Waals surface area contributed by atoms with Crippen molar-refractivity contribution < 1.29 is 13.2 Å². The number of piperidine rings is 1. The van der Waals surface area contributed by atoms with Gasteiger partial charge in [-0.2, -0.15) is 4.99 Å². The number of carbonyl (C=O) groups excluding carboxylic acids is 1. The van der Waals surface area contributed by atoms with Crippen molar-refractivity contribution in [2.24, 2.45) is 16.5 Å². The number of anilines is 1. The van der Waals surface area contributed by atoms with Crippen molar-refractivity contribution in [2.75, 3.05) is 24.2 Å². The van der Waals surface area contributed by atoms with Crippen LogP contribution < -0.4 is 16.4 Å². The first-order chi connectivity index (χ1) is 10.3. The minimum atomic E-state index is -3.47. The molecule has 0 atom stereocenters. The van der Waals surface area contributed by atoms with Crippen LogP contribution in [-0.4, -0.2) is 39.6 Å². The van der Waals surface area contributed by atoms with Gasteiger partial charge in [-0.05, 0) is 37.5 Å². The fraction of sp³-hybridized carbons (Fsp3) is 0.429. The highest BCUT2D eigenvalue weighted by Crippen LogP contribution is 2.29. The highest BCUT2D eigenvalue weighted by molar-refractivity contribution is 7.90. The molecular weight excluding hydrogens is 375 g/mol. The lowest BCUT2D eigenvalue weighted by molar-refractivity contribution is 0.100. The van der Waals surface area contributed by atoms with Crippen molar-refractivity contribution in [3.8, 4) is 0 Å². The lowest BCUT2D eigenvalue weighted by Crippen LogP contribution is -2.30. The number of benzene rings is 1. The van der Waals surface area contributed by atoms with Gasteiger partial charge in [0.05, 0.1) is 10.6 Å². The number of halogens is 2. The minimum Gasteiger partial charge on any atom is -0.370 e. The van der Waals surface area contributed by atoms with Crippen molar-refractivity contribution in [3.05, 3.63) is 23.8 Å². The van der Waals surface area contributed by atoms with Gasteiger partial charge in [-0.15, -0.1) is 24.8 Å². The standard InChI is InChI=1S/C14H20N4O3S.2ClH/c1-22(20,21)12-9-10(13(19)17-14(15)16)5-6-11(12)18-7-3-2-4-8-18;;/h5-6,9H,2-4,7-8H2,1H3,(H4,15,16,17,19);2*1H. The lowest BCUT2D eigenvalue weighted by Gasteiger charge is -2.30. The van der Waals surface area contributed by atoms with E-state index in [0.717, 1.165) is 38.6 Å². The number of nitrogens with zero attached hydrogens (tertiary/aromatic N) is 2. The highest BCUT2D eigenvalue weighted by atomic mass is 35.5. The number of aliphatic imine (C=N–C) groups is 1. The van der Waals surface area contributed by atoms with Crippen LogP contribution in [0.1, 0.15) is 29.6 Å². The largest absolute Gasteiger partial charge is 0.370 e. The number of guanidine groups is 1. The highest BCUT2D eigenvalue weighted by Gasteiger charge is 2.21. The van der Waals surface area contributed by atoms with Crippen LogP contribution in [0.25, 0.3) is 0 Å². The molecule has 1 amide bonds. The first-order valence-corrected chi connectivity index (χ1v) is 8.91. The van der Waals surface area contributed by atoms with E-state index in [0.29, 0.717) is 5.69 Å². The van der Waals surface area contributed by atoms with Gasteiger partial charge in [0.1, 0.15) is 0 Å². The second kappa shape index (κ2) is 9.10. The minimum absolute atomic E-state index is 0. The SMILES string of the molecule is CS(=O)(=O)c1cc(C(=O)N=C(N)N)ccc1N1CCCCC1.Cl.Cl. The van der Waals surface area contributed by atoms with Gasteiger partial charge in [-0.1, -0.05) is 0 Å². The molecule has 4 N–H and O–H groups in total. The summed E-state index contributed by atoms with van der Waals surface area (Å²) in [5.74, 6) is -1.01. The summed E-state index contributed by atoms with van der Waals surface area (Å²) in [4.78, 5) is 17.5. The summed E-state index contributed by atoms with van der Waals surface area (Å²) < 4.78 is 24.1. The number of amides is 1. The van der Waals surface area contributed by atoms with Crippen LogP contribution in [0.5, 0.6) is 0 Å². The lowest BCUT2D eigenvalue weighted by atomic mass is 10.1. The Labute approximate surface area is 154 Å². The smallest absolute Gasteiger partial charge is 0.280 e. The molecule has 1 heterocycles. The predicted octanol–water partition coefficient (Wildman–Crippen LogP) is 1.34. The monoisotopic (exact) mass is 396 g/mol. The molecule has 136 valence electrons. The van der Waals surface area contributed by atoms with Gasteiger partial charge in [-0.25, -0.2) is 8.42 Å². The third-order valence-corrected chi connectivity index (χ3v) is 4.66. The molecule has 1 fully saturated rings. The first kappa shape index (κ1) is 22.5. The molecule has 24 heavy (non-hydrogen) atoms. The molecular formula is C14H22Cl2N4O3S. The van der Waals surface area contributed by atoms with E-state index in [-0.39, 0.29) is 41.2 Å². The summed E-state index contributed by atoms with van der Waals surface area (Å²) >= 11 is 0. The summed E-state index contributed by atoms with van der Waals surface area (Å²) in [6.07, 6.45) is 4.33. The van der Waals surface area contributed by atoms with E-state index in [1.807, 2.05) is 4.90 Å². The van der Waals surface area contributed by atoms with Crippen molar-refractivity contribution in [2.45, 2.75) is 24.2 Å². The maximum absolute atomic E-state index is 12.1. The molecule has 10 heteroatoms. The molecule has 1 aliphatic rings. The van der Waals surface area contributed by atoms with E-state index in [1.165, 1.54) is 6.07 Å². The van der Waals surface area contributed by atoms with Crippen molar-refractivity contribution in [1.82, 2.24) is 0 Å². The van der Waals surface area contributed by atoms with Crippen LogP contribution in [0.2, 0.25) is 0 Å². The van der Waals surface area contributed by atoms with Crippen molar-refractivity contribution in [3.63, 3.8) is 0 Å². The van der Waals surface area contributed by atoms with Crippen LogP contribution in [-0.2, 0) is 9.84 Å². The zero-order valence-electron chi connectivity index (χ0n) is 13.3. The number of carbonyl (C=O) groups is 1. The van der Waals surface area contributed by atoms with Gasteiger partial charge >= 0.3 is 0 Å². The molecule has 1 aromatic rings. The van der Waals surface area contributed by atoms with Crippen molar-refractivity contribution in [1.29, 1.82) is 0 Å². The normalized spacial score (nSPS) is 14.1. The summed E-state index contributed by atoms with van der Waals surface area (Å²) in [5, 5.41) is 0. The Bertz CT molecular complexity index is 713. The fourth-order valence-electron chi connectivity index (χ4n) is 2.52. The Balaban J connectivity index is 0.00000264. The Kier molecular flexibility index (Phi) is 8.53. The predicted molar refractivity (Wildman–Crippen MR) is 100 cm³/mol. The summed E-state index contributed by atoms with van der Waals surface area (Å²) in [6, 6.07) is 4.54. The molecule has 0 unspecified atom stereocenters. The van der Waals surface area contributed by atoms with E-state index < -0.39 is 15.7 Å². The Morgan fingerprint density at radius 2 is 1.71 bits per heavy atom. The molecule has 0 saturated carbocycles. The average molecular weight is 397 g/mol. The van der Waals surface area contributed by atoms with Gasteiger partial charge in [0, 0.05) is 24.9 Å². The molecule has 0 bridgehead atoms. The fourth-order valence-corrected chi connectivity index (χ4v) is 3.44. The molecule has 1 aliphatic heterocycles. The molecule has 0 radical (unpaired) electrons. The number of nitrogens with two attached hydrogens (primary N) is 2. The molecule has 1 saturated heterocycles. The second-order valence-corrected chi connectivity index (χ2v) is 7.33. The molecule has 2 rings (SSSR count).